The van der Waals surface area contributed by atoms with Crippen LogP contribution in [-0.4, -0.2) is 0 Å². The molecule has 0 fully saturated rings. The quantitative estimate of drug-likeness (QED) is 0.439. The van der Waals surface area contributed by atoms with Gasteiger partial charge in [-0.1, -0.05) is 56.5 Å². The molecule has 3 aromatic carbocycles. The van der Waals surface area contributed by atoms with Crippen molar-refractivity contribution in [3.05, 3.63) is 70.8 Å². The summed E-state index contributed by atoms with van der Waals surface area (Å²) >= 11 is 0. The molecule has 1 unspecified atom stereocenters. The van der Waals surface area contributed by atoms with Crippen molar-refractivity contribution in [2.24, 2.45) is 0 Å². The molecule has 1 atom stereocenters. The van der Waals surface area contributed by atoms with Gasteiger partial charge in [0, 0.05) is 17.0 Å². The van der Waals surface area contributed by atoms with Crippen LogP contribution in [0.15, 0.2) is 48.5 Å². The van der Waals surface area contributed by atoms with Gasteiger partial charge in [0.05, 0.1) is 0 Å². The van der Waals surface area contributed by atoms with Crippen molar-refractivity contribution < 1.29 is 4.74 Å². The van der Waals surface area contributed by atoms with Crippen LogP contribution in [0.1, 0.15) is 73.6 Å². The summed E-state index contributed by atoms with van der Waals surface area (Å²) in [5, 5.41) is 2.59. The van der Waals surface area contributed by atoms with Crippen LogP contribution >= 0.6 is 0 Å². The molecule has 0 radical (unpaired) electrons. The Morgan fingerprint density at radius 2 is 1.48 bits per heavy atom. The summed E-state index contributed by atoms with van der Waals surface area (Å²) in [6, 6.07) is 18.1. The van der Waals surface area contributed by atoms with E-state index in [0.29, 0.717) is 5.92 Å². The van der Waals surface area contributed by atoms with E-state index >= 15 is 0 Å². The average Bonchev–Trinajstić information content (AvgIpc) is 2.70. The van der Waals surface area contributed by atoms with Crippen LogP contribution in [0.25, 0.3) is 10.8 Å². The lowest BCUT2D eigenvalue weighted by Gasteiger charge is -2.31. The first-order valence-electron chi connectivity index (χ1n) is 10.7. The van der Waals surface area contributed by atoms with Crippen molar-refractivity contribution in [2.45, 2.75) is 64.2 Å². The summed E-state index contributed by atoms with van der Waals surface area (Å²) in [6.45, 7) is 2.29. The monoisotopic (exact) mass is 356 g/mol. The number of fused-ring (bicyclic) bond motifs is 4. The SMILES string of the molecule is CCCCCC1c2cc3c(cc2Oc2cc4ccccc4cc21)CCCC3. The van der Waals surface area contributed by atoms with Crippen LogP contribution in [0.4, 0.5) is 0 Å². The largest absolute Gasteiger partial charge is 0.457 e. The molecule has 2 aliphatic rings. The van der Waals surface area contributed by atoms with Crippen molar-refractivity contribution in [3.8, 4) is 11.5 Å². The number of rotatable bonds is 4. The fraction of sp³-hybridized carbons (Fsp3) is 0.385. The van der Waals surface area contributed by atoms with Gasteiger partial charge in [0.15, 0.2) is 0 Å². The molecule has 0 N–H and O–H groups in total. The van der Waals surface area contributed by atoms with Crippen molar-refractivity contribution in [3.63, 3.8) is 0 Å². The van der Waals surface area contributed by atoms with E-state index in [1.54, 1.807) is 5.56 Å². The van der Waals surface area contributed by atoms with Crippen molar-refractivity contribution in [1.29, 1.82) is 0 Å². The lowest BCUT2D eigenvalue weighted by Crippen LogP contribution is -2.13. The Morgan fingerprint density at radius 1 is 0.815 bits per heavy atom. The fourth-order valence-electron chi connectivity index (χ4n) is 4.94. The first-order valence-corrected chi connectivity index (χ1v) is 10.7. The molecule has 0 aromatic heterocycles. The molecule has 0 saturated carbocycles. The van der Waals surface area contributed by atoms with Gasteiger partial charge in [-0.2, -0.15) is 0 Å². The molecule has 5 rings (SSSR count). The number of hydrogen-bond donors (Lipinski definition) is 0. The molecule has 27 heavy (non-hydrogen) atoms. The van der Waals surface area contributed by atoms with E-state index in [9.17, 15) is 0 Å². The minimum atomic E-state index is 0.465. The number of hydrogen-bond acceptors (Lipinski definition) is 1. The number of aryl methyl sites for hydroxylation is 2. The van der Waals surface area contributed by atoms with E-state index < -0.39 is 0 Å². The molecule has 0 amide bonds. The van der Waals surface area contributed by atoms with Gasteiger partial charge in [-0.15, -0.1) is 0 Å². The zero-order chi connectivity index (χ0) is 18.2. The van der Waals surface area contributed by atoms with Crippen molar-refractivity contribution in [1.82, 2.24) is 0 Å². The predicted octanol–water partition coefficient (Wildman–Crippen LogP) is 7.54. The number of benzene rings is 3. The van der Waals surface area contributed by atoms with Crippen LogP contribution in [0.2, 0.25) is 0 Å². The first kappa shape index (κ1) is 16.9. The Hall–Kier alpha value is -2.28. The Kier molecular flexibility index (Phi) is 4.39. The Labute approximate surface area is 162 Å². The smallest absolute Gasteiger partial charge is 0.131 e. The third kappa shape index (κ3) is 3.04. The van der Waals surface area contributed by atoms with Crippen LogP contribution in [0.3, 0.4) is 0 Å². The molecule has 1 heteroatoms. The van der Waals surface area contributed by atoms with Gasteiger partial charge in [-0.3, -0.25) is 0 Å². The van der Waals surface area contributed by atoms with Crippen LogP contribution < -0.4 is 4.74 Å². The maximum Gasteiger partial charge on any atom is 0.131 e. The van der Waals surface area contributed by atoms with Gasteiger partial charge >= 0.3 is 0 Å². The van der Waals surface area contributed by atoms with Crippen LogP contribution in [0, 0.1) is 0 Å². The van der Waals surface area contributed by atoms with E-state index in [4.69, 9.17) is 4.74 Å². The van der Waals surface area contributed by atoms with Gasteiger partial charge in [0.1, 0.15) is 11.5 Å². The molecule has 138 valence electrons. The Morgan fingerprint density at radius 3 is 2.26 bits per heavy atom. The Balaban J connectivity index is 1.64. The summed E-state index contributed by atoms with van der Waals surface area (Å²) in [4.78, 5) is 0. The molecule has 0 saturated heterocycles. The normalized spacial score (nSPS) is 17.7. The van der Waals surface area contributed by atoms with E-state index in [-0.39, 0.29) is 0 Å². The molecular weight excluding hydrogens is 328 g/mol. The second kappa shape index (κ2) is 7.03. The minimum Gasteiger partial charge on any atom is -0.457 e. The third-order valence-corrected chi connectivity index (χ3v) is 6.42. The van der Waals surface area contributed by atoms with Crippen molar-refractivity contribution >= 4 is 10.8 Å². The highest BCUT2D eigenvalue weighted by Gasteiger charge is 2.29. The summed E-state index contributed by atoms with van der Waals surface area (Å²) in [7, 11) is 0. The maximum absolute atomic E-state index is 6.49. The highest BCUT2D eigenvalue weighted by atomic mass is 16.5. The molecular formula is C26H28O. The topological polar surface area (TPSA) is 9.23 Å². The van der Waals surface area contributed by atoms with Crippen LogP contribution in [-0.2, 0) is 12.8 Å². The average molecular weight is 357 g/mol. The van der Waals surface area contributed by atoms with Gasteiger partial charge in [-0.05, 0) is 72.2 Å². The zero-order valence-electron chi connectivity index (χ0n) is 16.3. The van der Waals surface area contributed by atoms with E-state index in [2.05, 4.69) is 55.5 Å². The Bertz CT molecular complexity index is 985. The lowest BCUT2D eigenvalue weighted by molar-refractivity contribution is 0.436. The summed E-state index contributed by atoms with van der Waals surface area (Å²) < 4.78 is 6.49. The molecule has 0 bridgehead atoms. The highest BCUT2D eigenvalue weighted by molar-refractivity contribution is 5.86. The second-order valence-electron chi connectivity index (χ2n) is 8.25. The molecule has 1 aliphatic heterocycles. The van der Waals surface area contributed by atoms with E-state index in [0.717, 1.165) is 11.5 Å². The van der Waals surface area contributed by atoms with Gasteiger partial charge < -0.3 is 4.74 Å². The molecule has 1 nitrogen and oxygen atoms in total. The molecule has 3 aromatic rings. The third-order valence-electron chi connectivity index (χ3n) is 6.42. The number of ether oxygens (including phenoxy) is 1. The lowest BCUT2D eigenvalue weighted by atomic mass is 9.80. The number of unbranched alkanes of at least 4 members (excludes halogenated alkanes) is 2. The predicted molar refractivity (Wildman–Crippen MR) is 113 cm³/mol. The van der Waals surface area contributed by atoms with Gasteiger partial charge in [0.25, 0.3) is 0 Å². The fourth-order valence-corrected chi connectivity index (χ4v) is 4.94. The molecule has 1 heterocycles. The summed E-state index contributed by atoms with van der Waals surface area (Å²) in [5.41, 5.74) is 5.88. The summed E-state index contributed by atoms with van der Waals surface area (Å²) in [6.07, 6.45) is 10.1. The van der Waals surface area contributed by atoms with E-state index in [1.165, 1.54) is 78.8 Å². The summed E-state index contributed by atoms with van der Waals surface area (Å²) in [5.74, 6) is 2.64. The van der Waals surface area contributed by atoms with Gasteiger partial charge in [0.2, 0.25) is 0 Å². The first-order chi connectivity index (χ1) is 13.3. The standard InChI is InChI=1S/C26H28O/c1-2-3-4-13-22-23-14-18-9-5-7-11-20(18)16-25(23)27-26-17-21-12-8-6-10-19(21)15-24(22)26/h5,7,9,11,14-17,22H,2-4,6,8,10,12-13H2,1H3. The highest BCUT2D eigenvalue weighted by Crippen LogP contribution is 2.49. The maximum atomic E-state index is 6.49. The molecule has 1 aliphatic carbocycles. The van der Waals surface area contributed by atoms with Gasteiger partial charge in [-0.25, -0.2) is 0 Å². The zero-order valence-corrected chi connectivity index (χ0v) is 16.3. The van der Waals surface area contributed by atoms with E-state index in [1.807, 2.05) is 0 Å². The molecule has 0 spiro atoms. The second-order valence-corrected chi connectivity index (χ2v) is 8.25. The van der Waals surface area contributed by atoms with Crippen LogP contribution in [0.5, 0.6) is 11.5 Å². The van der Waals surface area contributed by atoms with Crippen molar-refractivity contribution in [2.75, 3.05) is 0 Å². The minimum absolute atomic E-state index is 0.465.